The smallest absolute Gasteiger partial charge is 0.125 e. The summed E-state index contributed by atoms with van der Waals surface area (Å²) in [7, 11) is 0. The number of aliphatic hydroxyl groups is 1. The number of rotatable bonds is 1. The van der Waals surface area contributed by atoms with Gasteiger partial charge in [-0.05, 0) is 31.6 Å². The van der Waals surface area contributed by atoms with Gasteiger partial charge in [0.05, 0.1) is 0 Å². The van der Waals surface area contributed by atoms with Crippen LogP contribution in [-0.2, 0) is 0 Å². The summed E-state index contributed by atoms with van der Waals surface area (Å²) in [6.07, 6.45) is 12.0. The molecule has 2 aliphatic carbocycles. The summed E-state index contributed by atoms with van der Waals surface area (Å²) in [4.78, 5) is 0. The standard InChI is InChI=1S/C11H14O/c1-3-11(2,12)10-7-8-4-5-9(10)6-8/h1,4-5,8-10,12H,6-7H2,2H3/t8?,9-,10?,11?/m1/s1. The second-order valence-corrected chi connectivity index (χ2v) is 4.18. The van der Waals surface area contributed by atoms with Crippen LogP contribution in [0.25, 0.3) is 0 Å². The van der Waals surface area contributed by atoms with Gasteiger partial charge in [0.25, 0.3) is 0 Å². The Balaban J connectivity index is 2.19. The van der Waals surface area contributed by atoms with Crippen molar-refractivity contribution in [3.63, 3.8) is 0 Å². The molecule has 2 rings (SSSR count). The van der Waals surface area contributed by atoms with Crippen LogP contribution in [0.1, 0.15) is 19.8 Å². The lowest BCUT2D eigenvalue weighted by Gasteiger charge is -2.29. The van der Waals surface area contributed by atoms with Crippen LogP contribution in [0.4, 0.5) is 0 Å². The summed E-state index contributed by atoms with van der Waals surface area (Å²) < 4.78 is 0. The summed E-state index contributed by atoms with van der Waals surface area (Å²) in [5, 5.41) is 9.88. The maximum atomic E-state index is 9.88. The van der Waals surface area contributed by atoms with E-state index in [0.717, 1.165) is 6.42 Å². The number of allylic oxidation sites excluding steroid dienone is 2. The Bertz CT molecular complexity index is 257. The highest BCUT2D eigenvalue weighted by atomic mass is 16.3. The quantitative estimate of drug-likeness (QED) is 0.458. The highest BCUT2D eigenvalue weighted by Crippen LogP contribution is 2.47. The fourth-order valence-corrected chi connectivity index (χ4v) is 2.53. The van der Waals surface area contributed by atoms with Gasteiger partial charge in [0.15, 0.2) is 0 Å². The van der Waals surface area contributed by atoms with Crippen LogP contribution in [0.5, 0.6) is 0 Å². The predicted molar refractivity (Wildman–Crippen MR) is 48.3 cm³/mol. The van der Waals surface area contributed by atoms with Crippen molar-refractivity contribution in [2.24, 2.45) is 17.8 Å². The van der Waals surface area contributed by atoms with E-state index in [4.69, 9.17) is 6.42 Å². The molecular formula is C11H14O. The van der Waals surface area contributed by atoms with Crippen molar-refractivity contribution in [3.8, 4) is 12.3 Å². The Labute approximate surface area is 73.5 Å². The Morgan fingerprint density at radius 1 is 1.50 bits per heavy atom. The van der Waals surface area contributed by atoms with Crippen molar-refractivity contribution in [2.75, 3.05) is 0 Å². The first kappa shape index (κ1) is 7.89. The summed E-state index contributed by atoms with van der Waals surface area (Å²) in [5.74, 6) is 3.99. The number of fused-ring (bicyclic) bond motifs is 2. The number of hydrogen-bond donors (Lipinski definition) is 1. The lowest BCUT2D eigenvalue weighted by molar-refractivity contribution is 0.0434. The molecule has 1 nitrogen and oxygen atoms in total. The highest BCUT2D eigenvalue weighted by molar-refractivity contribution is 5.19. The highest BCUT2D eigenvalue weighted by Gasteiger charge is 2.44. The van der Waals surface area contributed by atoms with E-state index in [1.165, 1.54) is 6.42 Å². The van der Waals surface area contributed by atoms with E-state index in [-0.39, 0.29) is 5.92 Å². The van der Waals surface area contributed by atoms with Crippen LogP contribution in [0.15, 0.2) is 12.2 Å². The summed E-state index contributed by atoms with van der Waals surface area (Å²) in [6.45, 7) is 1.76. The molecule has 1 heteroatoms. The molecule has 0 aromatic heterocycles. The Kier molecular flexibility index (Phi) is 1.56. The molecular weight excluding hydrogens is 148 g/mol. The minimum Gasteiger partial charge on any atom is -0.378 e. The molecule has 4 atom stereocenters. The van der Waals surface area contributed by atoms with Crippen molar-refractivity contribution < 1.29 is 5.11 Å². The minimum atomic E-state index is -0.899. The Morgan fingerprint density at radius 2 is 2.25 bits per heavy atom. The fourth-order valence-electron chi connectivity index (χ4n) is 2.53. The monoisotopic (exact) mass is 162 g/mol. The van der Waals surface area contributed by atoms with E-state index in [1.807, 2.05) is 0 Å². The molecule has 3 unspecified atom stereocenters. The Morgan fingerprint density at radius 3 is 2.67 bits per heavy atom. The van der Waals surface area contributed by atoms with Crippen LogP contribution in [0.3, 0.4) is 0 Å². The van der Waals surface area contributed by atoms with Gasteiger partial charge in [0.1, 0.15) is 5.60 Å². The largest absolute Gasteiger partial charge is 0.378 e. The summed E-state index contributed by atoms with van der Waals surface area (Å²) in [6, 6.07) is 0. The van der Waals surface area contributed by atoms with Gasteiger partial charge >= 0.3 is 0 Å². The van der Waals surface area contributed by atoms with Gasteiger partial charge in [-0.2, -0.15) is 0 Å². The normalized spacial score (nSPS) is 42.6. The van der Waals surface area contributed by atoms with Gasteiger partial charge < -0.3 is 5.11 Å². The average Bonchev–Trinajstić information content (AvgIpc) is 2.64. The fraction of sp³-hybridized carbons (Fsp3) is 0.636. The molecule has 2 aliphatic rings. The van der Waals surface area contributed by atoms with E-state index < -0.39 is 5.60 Å². The SMILES string of the molecule is C#CC(C)(O)C1CC2C=C[C@@H]1C2. The molecule has 0 radical (unpaired) electrons. The van der Waals surface area contributed by atoms with Crippen molar-refractivity contribution >= 4 is 0 Å². The maximum absolute atomic E-state index is 9.88. The van der Waals surface area contributed by atoms with E-state index in [2.05, 4.69) is 18.1 Å². The second-order valence-electron chi connectivity index (χ2n) is 4.18. The van der Waals surface area contributed by atoms with Crippen LogP contribution in [0.2, 0.25) is 0 Å². The topological polar surface area (TPSA) is 20.2 Å². The molecule has 1 fully saturated rings. The van der Waals surface area contributed by atoms with Gasteiger partial charge in [0, 0.05) is 5.92 Å². The van der Waals surface area contributed by atoms with Gasteiger partial charge in [-0.15, -0.1) is 6.42 Å². The van der Waals surface area contributed by atoms with E-state index in [1.54, 1.807) is 6.92 Å². The van der Waals surface area contributed by atoms with Crippen molar-refractivity contribution in [2.45, 2.75) is 25.4 Å². The van der Waals surface area contributed by atoms with Gasteiger partial charge in [-0.3, -0.25) is 0 Å². The van der Waals surface area contributed by atoms with Crippen molar-refractivity contribution in [1.29, 1.82) is 0 Å². The first-order chi connectivity index (χ1) is 5.63. The van der Waals surface area contributed by atoms with Crippen LogP contribution < -0.4 is 0 Å². The number of terminal acetylenes is 1. The third-order valence-corrected chi connectivity index (χ3v) is 3.29. The van der Waals surface area contributed by atoms with Gasteiger partial charge in [-0.1, -0.05) is 18.1 Å². The zero-order chi connectivity index (χ0) is 8.77. The predicted octanol–water partition coefficient (Wildman–Crippen LogP) is 1.58. The van der Waals surface area contributed by atoms with E-state index >= 15 is 0 Å². The maximum Gasteiger partial charge on any atom is 0.125 e. The molecule has 64 valence electrons. The third-order valence-electron chi connectivity index (χ3n) is 3.29. The molecule has 2 bridgehead atoms. The molecule has 0 saturated heterocycles. The molecule has 0 aromatic rings. The van der Waals surface area contributed by atoms with Crippen LogP contribution >= 0.6 is 0 Å². The van der Waals surface area contributed by atoms with Crippen molar-refractivity contribution in [3.05, 3.63) is 12.2 Å². The van der Waals surface area contributed by atoms with Crippen LogP contribution in [0, 0.1) is 30.1 Å². The molecule has 0 aliphatic heterocycles. The first-order valence-electron chi connectivity index (χ1n) is 4.52. The molecule has 0 spiro atoms. The number of hydrogen-bond acceptors (Lipinski definition) is 1. The average molecular weight is 162 g/mol. The lowest BCUT2D eigenvalue weighted by atomic mass is 9.80. The molecule has 0 heterocycles. The second kappa shape index (κ2) is 2.37. The lowest BCUT2D eigenvalue weighted by Crippen LogP contribution is -2.35. The summed E-state index contributed by atoms with van der Waals surface area (Å²) >= 11 is 0. The van der Waals surface area contributed by atoms with Gasteiger partial charge in [0.2, 0.25) is 0 Å². The molecule has 1 saturated carbocycles. The zero-order valence-electron chi connectivity index (χ0n) is 7.33. The van der Waals surface area contributed by atoms with Gasteiger partial charge in [-0.25, -0.2) is 0 Å². The summed E-state index contributed by atoms with van der Waals surface area (Å²) in [5.41, 5.74) is -0.899. The zero-order valence-corrected chi connectivity index (χ0v) is 7.33. The van der Waals surface area contributed by atoms with Crippen LogP contribution in [-0.4, -0.2) is 10.7 Å². The van der Waals surface area contributed by atoms with E-state index in [0.29, 0.717) is 11.8 Å². The first-order valence-corrected chi connectivity index (χ1v) is 4.52. The third kappa shape index (κ3) is 0.990. The molecule has 0 amide bonds. The molecule has 1 N–H and O–H groups in total. The van der Waals surface area contributed by atoms with E-state index in [9.17, 15) is 5.11 Å². The Hall–Kier alpha value is -0.740. The van der Waals surface area contributed by atoms with Crippen molar-refractivity contribution in [1.82, 2.24) is 0 Å². The molecule has 12 heavy (non-hydrogen) atoms. The molecule has 0 aromatic carbocycles. The minimum absolute atomic E-state index is 0.289.